The molecular weight excluding hydrogens is 274 g/mol. The van der Waals surface area contributed by atoms with E-state index in [0.29, 0.717) is 19.5 Å². The molecule has 1 fully saturated rings. The van der Waals surface area contributed by atoms with Gasteiger partial charge in [0.05, 0.1) is 25.2 Å². The number of ether oxygens (including phenoxy) is 1. The SMILES string of the molecule is Cc1nn(C)c(C)c1CC(=O)N1CC(C)(OCC(=O)O)C1. The number of carboxylic acid groups (broad SMARTS) is 1. The molecule has 21 heavy (non-hydrogen) atoms. The molecular formula is C14H21N3O4. The van der Waals surface area contributed by atoms with Gasteiger partial charge in [0.25, 0.3) is 0 Å². The number of aromatic nitrogens is 2. The van der Waals surface area contributed by atoms with Gasteiger partial charge < -0.3 is 14.7 Å². The van der Waals surface area contributed by atoms with Gasteiger partial charge in [-0.25, -0.2) is 4.79 Å². The van der Waals surface area contributed by atoms with Crippen molar-refractivity contribution in [1.82, 2.24) is 14.7 Å². The van der Waals surface area contributed by atoms with Crippen LogP contribution in [0.5, 0.6) is 0 Å². The Kier molecular flexibility index (Phi) is 4.04. The Morgan fingerprint density at radius 2 is 2.00 bits per heavy atom. The van der Waals surface area contributed by atoms with Crippen LogP contribution in [0, 0.1) is 13.8 Å². The molecule has 0 aliphatic carbocycles. The number of amides is 1. The summed E-state index contributed by atoms with van der Waals surface area (Å²) in [5.74, 6) is -0.979. The van der Waals surface area contributed by atoms with Gasteiger partial charge in [-0.1, -0.05) is 0 Å². The number of carboxylic acids is 1. The average Bonchev–Trinajstić information content (AvgIpc) is 2.59. The van der Waals surface area contributed by atoms with Crippen LogP contribution in [-0.4, -0.2) is 57.0 Å². The topological polar surface area (TPSA) is 84.7 Å². The van der Waals surface area contributed by atoms with Gasteiger partial charge in [-0.3, -0.25) is 9.48 Å². The second-order valence-electron chi connectivity index (χ2n) is 5.83. The molecule has 0 unspecified atom stereocenters. The quantitative estimate of drug-likeness (QED) is 0.843. The highest BCUT2D eigenvalue weighted by Gasteiger charge is 2.42. The van der Waals surface area contributed by atoms with Crippen LogP contribution in [0.1, 0.15) is 23.9 Å². The summed E-state index contributed by atoms with van der Waals surface area (Å²) in [4.78, 5) is 24.4. The molecule has 0 atom stereocenters. The third-order valence-electron chi connectivity index (χ3n) is 3.93. The largest absolute Gasteiger partial charge is 0.480 e. The Bertz CT molecular complexity index is 573. The summed E-state index contributed by atoms with van der Waals surface area (Å²) in [5, 5.41) is 12.9. The van der Waals surface area contributed by atoms with Crippen LogP contribution in [0.4, 0.5) is 0 Å². The molecule has 2 heterocycles. The van der Waals surface area contributed by atoms with Crippen LogP contribution < -0.4 is 0 Å². The molecule has 116 valence electrons. The number of hydrogen-bond donors (Lipinski definition) is 1. The molecule has 7 nitrogen and oxygen atoms in total. The summed E-state index contributed by atoms with van der Waals surface area (Å²) < 4.78 is 7.07. The van der Waals surface area contributed by atoms with Gasteiger partial charge in [0, 0.05) is 18.3 Å². The molecule has 1 N–H and O–H groups in total. The molecule has 0 spiro atoms. The standard InChI is InChI=1S/C14H21N3O4/c1-9-11(10(2)16(4)15-9)5-12(18)17-7-14(3,8-17)21-6-13(19)20/h5-8H2,1-4H3,(H,19,20). The number of aliphatic carboxylic acids is 1. The van der Waals surface area contributed by atoms with Crippen LogP contribution in [-0.2, 0) is 27.8 Å². The number of likely N-dealkylation sites (tertiary alicyclic amines) is 1. The Morgan fingerprint density at radius 1 is 1.38 bits per heavy atom. The summed E-state index contributed by atoms with van der Waals surface area (Å²) in [5.41, 5.74) is 2.27. The summed E-state index contributed by atoms with van der Waals surface area (Å²) in [6.07, 6.45) is 0.320. The maximum atomic E-state index is 12.3. The van der Waals surface area contributed by atoms with Crippen LogP contribution in [0.2, 0.25) is 0 Å². The molecule has 1 aliphatic rings. The first-order valence-electron chi connectivity index (χ1n) is 6.84. The van der Waals surface area contributed by atoms with Crippen LogP contribution in [0.25, 0.3) is 0 Å². The molecule has 1 aromatic heterocycles. The minimum Gasteiger partial charge on any atom is -0.480 e. The van der Waals surface area contributed by atoms with E-state index in [1.165, 1.54) is 0 Å². The molecule has 1 aromatic rings. The van der Waals surface area contributed by atoms with E-state index in [1.807, 2.05) is 27.8 Å². The lowest BCUT2D eigenvalue weighted by atomic mass is 9.95. The minimum absolute atomic E-state index is 0.0191. The van der Waals surface area contributed by atoms with Crippen molar-refractivity contribution >= 4 is 11.9 Å². The van der Waals surface area contributed by atoms with Crippen molar-refractivity contribution in [3.05, 3.63) is 17.0 Å². The van der Waals surface area contributed by atoms with E-state index in [-0.39, 0.29) is 12.5 Å². The highest BCUT2D eigenvalue weighted by molar-refractivity contribution is 5.80. The van der Waals surface area contributed by atoms with Gasteiger partial charge in [0.15, 0.2) is 0 Å². The van der Waals surface area contributed by atoms with Gasteiger partial charge >= 0.3 is 5.97 Å². The van der Waals surface area contributed by atoms with Crippen molar-refractivity contribution in [2.45, 2.75) is 32.8 Å². The predicted octanol–water partition coefficient (Wildman–Crippen LogP) is 0.282. The van der Waals surface area contributed by atoms with Gasteiger partial charge in [-0.05, 0) is 20.8 Å². The monoisotopic (exact) mass is 295 g/mol. The first-order valence-corrected chi connectivity index (χ1v) is 6.84. The Labute approximate surface area is 123 Å². The molecule has 7 heteroatoms. The van der Waals surface area contributed by atoms with E-state index in [4.69, 9.17) is 9.84 Å². The fourth-order valence-corrected chi connectivity index (χ4v) is 2.60. The maximum Gasteiger partial charge on any atom is 0.329 e. The first-order chi connectivity index (χ1) is 9.72. The van der Waals surface area contributed by atoms with Gasteiger partial charge in [-0.2, -0.15) is 5.10 Å². The molecule has 1 amide bonds. The summed E-state index contributed by atoms with van der Waals surface area (Å²) >= 11 is 0. The van der Waals surface area contributed by atoms with Crippen LogP contribution in [0.3, 0.4) is 0 Å². The van der Waals surface area contributed by atoms with E-state index in [1.54, 1.807) is 9.58 Å². The number of hydrogen-bond acceptors (Lipinski definition) is 4. The van der Waals surface area contributed by atoms with E-state index in [0.717, 1.165) is 17.0 Å². The van der Waals surface area contributed by atoms with Crippen molar-refractivity contribution in [3.8, 4) is 0 Å². The maximum absolute atomic E-state index is 12.3. The number of carbonyl (C=O) groups is 2. The summed E-state index contributed by atoms with van der Waals surface area (Å²) in [6.45, 7) is 6.18. The van der Waals surface area contributed by atoms with E-state index >= 15 is 0 Å². The zero-order valence-electron chi connectivity index (χ0n) is 12.8. The number of aryl methyl sites for hydroxylation is 2. The fourth-order valence-electron chi connectivity index (χ4n) is 2.60. The second kappa shape index (κ2) is 5.48. The highest BCUT2D eigenvalue weighted by Crippen LogP contribution is 2.26. The Hall–Kier alpha value is -1.89. The predicted molar refractivity (Wildman–Crippen MR) is 75.0 cm³/mol. The van der Waals surface area contributed by atoms with Gasteiger partial charge in [0.1, 0.15) is 12.2 Å². The molecule has 0 radical (unpaired) electrons. The zero-order valence-corrected chi connectivity index (χ0v) is 12.8. The highest BCUT2D eigenvalue weighted by atomic mass is 16.5. The van der Waals surface area contributed by atoms with Crippen LogP contribution >= 0.6 is 0 Å². The lowest BCUT2D eigenvalue weighted by Gasteiger charge is -2.47. The van der Waals surface area contributed by atoms with Crippen molar-refractivity contribution in [3.63, 3.8) is 0 Å². The molecule has 1 saturated heterocycles. The van der Waals surface area contributed by atoms with Gasteiger partial charge in [-0.15, -0.1) is 0 Å². The zero-order chi connectivity index (χ0) is 15.8. The van der Waals surface area contributed by atoms with Crippen LogP contribution in [0.15, 0.2) is 0 Å². The summed E-state index contributed by atoms with van der Waals surface area (Å²) in [7, 11) is 1.86. The Balaban J connectivity index is 1.91. The first kappa shape index (κ1) is 15.5. The fraction of sp³-hybridized carbons (Fsp3) is 0.643. The second-order valence-corrected chi connectivity index (χ2v) is 5.83. The lowest BCUT2D eigenvalue weighted by molar-refractivity contribution is -0.172. The molecule has 0 saturated carbocycles. The normalized spacial score (nSPS) is 16.7. The molecule has 2 rings (SSSR count). The molecule has 0 bridgehead atoms. The smallest absolute Gasteiger partial charge is 0.329 e. The lowest BCUT2D eigenvalue weighted by Crippen LogP contribution is -2.63. The van der Waals surface area contributed by atoms with E-state index < -0.39 is 11.6 Å². The van der Waals surface area contributed by atoms with Crippen molar-refractivity contribution in [2.75, 3.05) is 19.7 Å². The third-order valence-corrected chi connectivity index (χ3v) is 3.93. The van der Waals surface area contributed by atoms with Gasteiger partial charge in [0.2, 0.25) is 5.91 Å². The number of carbonyl (C=O) groups excluding carboxylic acids is 1. The molecule has 1 aliphatic heterocycles. The van der Waals surface area contributed by atoms with E-state index in [9.17, 15) is 9.59 Å². The van der Waals surface area contributed by atoms with Crippen molar-refractivity contribution in [2.24, 2.45) is 7.05 Å². The Morgan fingerprint density at radius 3 is 2.48 bits per heavy atom. The minimum atomic E-state index is -0.998. The number of nitrogens with zero attached hydrogens (tertiary/aromatic N) is 3. The average molecular weight is 295 g/mol. The third kappa shape index (κ3) is 3.24. The van der Waals surface area contributed by atoms with Crippen molar-refractivity contribution in [1.29, 1.82) is 0 Å². The summed E-state index contributed by atoms with van der Waals surface area (Å²) in [6, 6.07) is 0. The molecule has 0 aromatic carbocycles. The van der Waals surface area contributed by atoms with Crippen molar-refractivity contribution < 1.29 is 19.4 Å². The van der Waals surface area contributed by atoms with E-state index in [2.05, 4.69) is 5.10 Å². The number of rotatable bonds is 5.